The maximum atomic E-state index is 10.8. The van der Waals surface area contributed by atoms with Crippen LogP contribution in [0.1, 0.15) is 16.1 Å². The number of aromatic carboxylic acids is 1. The molecule has 5 heteroatoms. The average Bonchev–Trinajstić information content (AvgIpc) is 2.37. The molecule has 1 aromatic heterocycles. The predicted octanol–water partition coefficient (Wildman–Crippen LogP) is 3.15. The van der Waals surface area contributed by atoms with Crippen LogP contribution in [0.5, 0.6) is 0 Å². The Morgan fingerprint density at radius 3 is 2.78 bits per heavy atom. The normalized spacial score (nSPS) is 10.1. The Kier molecular flexibility index (Phi) is 3.94. The Morgan fingerprint density at radius 1 is 1.28 bits per heavy atom. The number of hydrogen-bond donors (Lipinski definition) is 2. The summed E-state index contributed by atoms with van der Waals surface area (Å²) in [5, 5.41) is 11.9. The fraction of sp³-hybridized carbons (Fsp3) is 0.0769. The lowest BCUT2D eigenvalue weighted by Crippen LogP contribution is -2.05. The van der Waals surface area contributed by atoms with Gasteiger partial charge in [-0.1, -0.05) is 34.1 Å². The molecule has 0 atom stereocenters. The van der Waals surface area contributed by atoms with E-state index in [4.69, 9.17) is 5.11 Å². The van der Waals surface area contributed by atoms with Crippen LogP contribution in [0.2, 0.25) is 0 Å². The van der Waals surface area contributed by atoms with Crippen LogP contribution in [-0.2, 0) is 6.54 Å². The summed E-state index contributed by atoms with van der Waals surface area (Å²) in [6.07, 6.45) is 0. The van der Waals surface area contributed by atoms with Crippen LogP contribution in [0, 0.1) is 0 Å². The number of hydrogen-bond acceptors (Lipinski definition) is 3. The van der Waals surface area contributed by atoms with Gasteiger partial charge in [-0.05, 0) is 29.8 Å². The van der Waals surface area contributed by atoms with E-state index in [2.05, 4.69) is 26.2 Å². The Morgan fingerprint density at radius 2 is 2.06 bits per heavy atom. The molecule has 4 nitrogen and oxygen atoms in total. The first-order valence-corrected chi connectivity index (χ1v) is 6.13. The minimum atomic E-state index is -1.03. The molecule has 0 saturated heterocycles. The quantitative estimate of drug-likeness (QED) is 0.911. The number of anilines is 1. The van der Waals surface area contributed by atoms with Crippen molar-refractivity contribution in [3.63, 3.8) is 0 Å². The van der Waals surface area contributed by atoms with Crippen LogP contribution >= 0.6 is 15.9 Å². The van der Waals surface area contributed by atoms with E-state index in [0.29, 0.717) is 12.4 Å². The molecule has 2 aromatic rings. The largest absolute Gasteiger partial charge is 0.477 e. The lowest BCUT2D eigenvalue weighted by molar-refractivity contribution is 0.0690. The summed E-state index contributed by atoms with van der Waals surface area (Å²) in [5.74, 6) is -0.476. The lowest BCUT2D eigenvalue weighted by atomic mass is 10.2. The van der Waals surface area contributed by atoms with Crippen molar-refractivity contribution in [3.05, 3.63) is 58.2 Å². The van der Waals surface area contributed by atoms with E-state index < -0.39 is 5.97 Å². The van der Waals surface area contributed by atoms with Crippen LogP contribution in [0.25, 0.3) is 0 Å². The molecule has 2 N–H and O–H groups in total. The molecule has 0 saturated carbocycles. The smallest absolute Gasteiger partial charge is 0.354 e. The number of aromatic nitrogens is 1. The maximum absolute atomic E-state index is 10.8. The van der Waals surface area contributed by atoms with Gasteiger partial charge < -0.3 is 10.4 Å². The molecule has 0 unspecified atom stereocenters. The maximum Gasteiger partial charge on any atom is 0.354 e. The number of pyridine rings is 1. The lowest BCUT2D eigenvalue weighted by Gasteiger charge is -2.06. The summed E-state index contributed by atoms with van der Waals surface area (Å²) < 4.78 is 1.01. The fourth-order valence-corrected chi connectivity index (χ4v) is 1.94. The number of carbonyl (C=O) groups is 1. The van der Waals surface area contributed by atoms with Crippen molar-refractivity contribution in [3.8, 4) is 0 Å². The first-order valence-electron chi connectivity index (χ1n) is 5.34. The van der Waals surface area contributed by atoms with Gasteiger partial charge in [-0.15, -0.1) is 0 Å². The van der Waals surface area contributed by atoms with Crippen LogP contribution in [-0.4, -0.2) is 16.1 Å². The summed E-state index contributed by atoms with van der Waals surface area (Å²) in [6.45, 7) is 0.593. The van der Waals surface area contributed by atoms with Crippen molar-refractivity contribution in [2.24, 2.45) is 0 Å². The van der Waals surface area contributed by atoms with Gasteiger partial charge in [0.25, 0.3) is 0 Å². The fourth-order valence-electron chi connectivity index (χ4n) is 1.49. The highest BCUT2D eigenvalue weighted by Crippen LogP contribution is 2.13. The zero-order valence-corrected chi connectivity index (χ0v) is 11.0. The molecular formula is C13H11BrN2O2. The monoisotopic (exact) mass is 306 g/mol. The zero-order valence-electron chi connectivity index (χ0n) is 9.43. The van der Waals surface area contributed by atoms with E-state index in [1.807, 2.05) is 24.3 Å². The molecule has 0 spiro atoms. The van der Waals surface area contributed by atoms with Crippen molar-refractivity contribution >= 4 is 27.7 Å². The molecule has 2 rings (SSSR count). The summed E-state index contributed by atoms with van der Waals surface area (Å²) in [7, 11) is 0. The predicted molar refractivity (Wildman–Crippen MR) is 72.7 cm³/mol. The van der Waals surface area contributed by atoms with E-state index in [1.165, 1.54) is 6.07 Å². The standard InChI is InChI=1S/C13H11BrN2O2/c14-10-4-1-3-9(7-10)8-15-12-6-2-5-11(16-12)13(17)18/h1-7H,8H2,(H,15,16)(H,17,18). The number of carboxylic acids is 1. The second-order valence-corrected chi connectivity index (χ2v) is 4.61. The van der Waals surface area contributed by atoms with Crippen molar-refractivity contribution in [1.29, 1.82) is 0 Å². The van der Waals surface area contributed by atoms with E-state index >= 15 is 0 Å². The van der Waals surface area contributed by atoms with Crippen molar-refractivity contribution < 1.29 is 9.90 Å². The van der Waals surface area contributed by atoms with Gasteiger partial charge >= 0.3 is 5.97 Å². The minimum absolute atomic E-state index is 0.0363. The number of halogens is 1. The average molecular weight is 307 g/mol. The molecule has 1 heterocycles. The van der Waals surface area contributed by atoms with Crippen LogP contribution < -0.4 is 5.32 Å². The van der Waals surface area contributed by atoms with Gasteiger partial charge in [-0.3, -0.25) is 0 Å². The first kappa shape index (κ1) is 12.6. The third-order valence-electron chi connectivity index (χ3n) is 2.33. The van der Waals surface area contributed by atoms with Gasteiger partial charge in [-0.2, -0.15) is 0 Å². The third kappa shape index (κ3) is 3.30. The molecule has 92 valence electrons. The van der Waals surface area contributed by atoms with Crippen molar-refractivity contribution in [2.75, 3.05) is 5.32 Å². The van der Waals surface area contributed by atoms with E-state index in [-0.39, 0.29) is 5.69 Å². The highest BCUT2D eigenvalue weighted by molar-refractivity contribution is 9.10. The molecule has 1 aromatic carbocycles. The van der Waals surface area contributed by atoms with Crippen molar-refractivity contribution in [1.82, 2.24) is 4.98 Å². The van der Waals surface area contributed by atoms with E-state index in [1.54, 1.807) is 12.1 Å². The molecule has 0 bridgehead atoms. The second-order valence-electron chi connectivity index (χ2n) is 3.70. The Bertz CT molecular complexity index is 572. The van der Waals surface area contributed by atoms with E-state index in [9.17, 15) is 4.79 Å². The van der Waals surface area contributed by atoms with Crippen molar-refractivity contribution in [2.45, 2.75) is 6.54 Å². The number of nitrogens with one attached hydrogen (secondary N) is 1. The van der Waals surface area contributed by atoms with Gasteiger partial charge in [0.05, 0.1) is 0 Å². The second kappa shape index (κ2) is 5.64. The number of benzene rings is 1. The molecule has 0 radical (unpaired) electrons. The number of nitrogens with zero attached hydrogens (tertiary/aromatic N) is 1. The molecule has 0 aliphatic carbocycles. The molecular weight excluding hydrogens is 296 g/mol. The Balaban J connectivity index is 2.06. The zero-order chi connectivity index (χ0) is 13.0. The topological polar surface area (TPSA) is 62.2 Å². The number of rotatable bonds is 4. The summed E-state index contributed by atoms with van der Waals surface area (Å²) >= 11 is 3.40. The van der Waals surface area contributed by atoms with Crippen LogP contribution in [0.3, 0.4) is 0 Å². The highest BCUT2D eigenvalue weighted by atomic mass is 79.9. The van der Waals surface area contributed by atoms with E-state index in [0.717, 1.165) is 10.0 Å². The molecule has 18 heavy (non-hydrogen) atoms. The van der Waals surface area contributed by atoms with Crippen LogP contribution in [0.15, 0.2) is 46.9 Å². The summed E-state index contributed by atoms with van der Waals surface area (Å²) in [5.41, 5.74) is 1.13. The number of carboxylic acid groups (broad SMARTS) is 1. The van der Waals surface area contributed by atoms with Gasteiger partial charge in [0.1, 0.15) is 5.82 Å². The Hall–Kier alpha value is -1.88. The molecule has 0 aliphatic rings. The Labute approximate surface area is 113 Å². The summed E-state index contributed by atoms with van der Waals surface area (Å²) in [4.78, 5) is 14.8. The summed E-state index contributed by atoms with van der Waals surface area (Å²) in [6, 6.07) is 12.7. The van der Waals surface area contributed by atoms with Gasteiger partial charge in [-0.25, -0.2) is 9.78 Å². The van der Waals surface area contributed by atoms with Gasteiger partial charge in [0, 0.05) is 11.0 Å². The third-order valence-corrected chi connectivity index (χ3v) is 2.82. The molecule has 0 fully saturated rings. The van der Waals surface area contributed by atoms with Gasteiger partial charge in [0.2, 0.25) is 0 Å². The van der Waals surface area contributed by atoms with Crippen LogP contribution in [0.4, 0.5) is 5.82 Å². The molecule has 0 amide bonds. The van der Waals surface area contributed by atoms with Gasteiger partial charge in [0.15, 0.2) is 5.69 Å². The SMILES string of the molecule is O=C(O)c1cccc(NCc2cccc(Br)c2)n1. The first-order chi connectivity index (χ1) is 8.65. The minimum Gasteiger partial charge on any atom is -0.477 e. The highest BCUT2D eigenvalue weighted by Gasteiger charge is 2.04. The molecule has 0 aliphatic heterocycles.